The van der Waals surface area contributed by atoms with Crippen LogP contribution in [0.3, 0.4) is 0 Å². The molecule has 23 heavy (non-hydrogen) atoms. The van der Waals surface area contributed by atoms with Crippen LogP contribution in [0.15, 0.2) is 12.4 Å². The molecule has 1 N–H and O–H groups in total. The summed E-state index contributed by atoms with van der Waals surface area (Å²) in [5.74, 6) is 1.01. The van der Waals surface area contributed by atoms with Gasteiger partial charge in [0.15, 0.2) is 0 Å². The summed E-state index contributed by atoms with van der Waals surface area (Å²) >= 11 is 0. The van der Waals surface area contributed by atoms with E-state index in [1.807, 2.05) is 0 Å². The lowest BCUT2D eigenvalue weighted by molar-refractivity contribution is 0.106. The number of ether oxygens (including phenoxy) is 1. The number of aromatic nitrogens is 2. The first-order valence-electron chi connectivity index (χ1n) is 8.43. The number of nitrogens with zero attached hydrogens (tertiary/aromatic N) is 3. The van der Waals surface area contributed by atoms with Crippen LogP contribution < -0.4 is 0 Å². The van der Waals surface area contributed by atoms with Crippen LogP contribution in [-0.2, 0) is 14.8 Å². The molecule has 7 nitrogen and oxygen atoms in total. The van der Waals surface area contributed by atoms with E-state index in [1.54, 1.807) is 16.7 Å². The molecule has 130 valence electrons. The van der Waals surface area contributed by atoms with Gasteiger partial charge in [-0.2, -0.15) is 4.31 Å². The summed E-state index contributed by atoms with van der Waals surface area (Å²) in [5.41, 5.74) is 0. The van der Waals surface area contributed by atoms with E-state index in [4.69, 9.17) is 4.74 Å². The third-order valence-electron chi connectivity index (χ3n) is 4.81. The van der Waals surface area contributed by atoms with Gasteiger partial charge in [0.1, 0.15) is 5.82 Å². The number of aromatic amines is 1. The van der Waals surface area contributed by atoms with Crippen molar-refractivity contribution < 1.29 is 13.2 Å². The maximum atomic E-state index is 12.7. The van der Waals surface area contributed by atoms with Crippen LogP contribution in [0.1, 0.15) is 38.1 Å². The Morgan fingerprint density at radius 1 is 1.43 bits per heavy atom. The summed E-state index contributed by atoms with van der Waals surface area (Å²) in [7, 11) is -3.24. The number of piperazine rings is 1. The lowest BCUT2D eigenvalue weighted by atomic mass is 10.2. The third kappa shape index (κ3) is 3.93. The largest absolute Gasteiger partial charge is 0.378 e. The molecule has 0 spiro atoms. The monoisotopic (exact) mass is 342 g/mol. The Morgan fingerprint density at radius 3 is 2.96 bits per heavy atom. The molecule has 8 heteroatoms. The fraction of sp³-hybridized carbons (Fsp3) is 0.800. The molecular formula is C15H26N4O3S. The molecular weight excluding hydrogens is 316 g/mol. The van der Waals surface area contributed by atoms with E-state index in [-0.39, 0.29) is 17.9 Å². The van der Waals surface area contributed by atoms with E-state index in [1.165, 1.54) is 0 Å². The van der Waals surface area contributed by atoms with E-state index in [0.717, 1.165) is 38.4 Å². The van der Waals surface area contributed by atoms with Gasteiger partial charge in [-0.05, 0) is 25.8 Å². The van der Waals surface area contributed by atoms with Gasteiger partial charge in [-0.15, -0.1) is 0 Å². The smallest absolute Gasteiger partial charge is 0.214 e. The molecule has 1 aromatic heterocycles. The quantitative estimate of drug-likeness (QED) is 0.834. The molecule has 0 unspecified atom stereocenters. The molecule has 0 saturated carbocycles. The van der Waals surface area contributed by atoms with Gasteiger partial charge >= 0.3 is 0 Å². The lowest BCUT2D eigenvalue weighted by Crippen LogP contribution is -2.51. The number of nitrogens with one attached hydrogen (secondary N) is 1. The van der Waals surface area contributed by atoms with Crippen LogP contribution >= 0.6 is 0 Å². The highest BCUT2D eigenvalue weighted by atomic mass is 32.2. The van der Waals surface area contributed by atoms with Crippen LogP contribution in [0.25, 0.3) is 0 Å². The predicted molar refractivity (Wildman–Crippen MR) is 87.5 cm³/mol. The average Bonchev–Trinajstić information content (AvgIpc) is 3.25. The topological polar surface area (TPSA) is 78.5 Å². The molecule has 0 amide bonds. The van der Waals surface area contributed by atoms with E-state index in [2.05, 4.69) is 21.8 Å². The highest BCUT2D eigenvalue weighted by Gasteiger charge is 2.35. The molecule has 0 aromatic carbocycles. The predicted octanol–water partition coefficient (Wildman–Crippen LogP) is 0.987. The third-order valence-corrected chi connectivity index (χ3v) is 6.68. The van der Waals surface area contributed by atoms with Crippen molar-refractivity contribution in [2.75, 3.05) is 38.5 Å². The van der Waals surface area contributed by atoms with Gasteiger partial charge in [-0.1, -0.05) is 6.92 Å². The number of hydrogen-bond acceptors (Lipinski definition) is 5. The van der Waals surface area contributed by atoms with Crippen molar-refractivity contribution >= 4 is 10.0 Å². The zero-order valence-electron chi connectivity index (χ0n) is 13.6. The summed E-state index contributed by atoms with van der Waals surface area (Å²) in [6.45, 7) is 5.50. The van der Waals surface area contributed by atoms with E-state index < -0.39 is 10.0 Å². The summed E-state index contributed by atoms with van der Waals surface area (Å²) in [6.07, 6.45) is 6.24. The van der Waals surface area contributed by atoms with Crippen molar-refractivity contribution in [3.63, 3.8) is 0 Å². The molecule has 3 rings (SSSR count). The Morgan fingerprint density at radius 2 is 2.30 bits per heavy atom. The second-order valence-electron chi connectivity index (χ2n) is 6.22. The number of imidazole rings is 1. The Kier molecular flexibility index (Phi) is 5.35. The van der Waals surface area contributed by atoms with Crippen LogP contribution in [0.5, 0.6) is 0 Å². The maximum absolute atomic E-state index is 12.7. The van der Waals surface area contributed by atoms with Gasteiger partial charge in [0.05, 0.1) is 17.9 Å². The van der Waals surface area contributed by atoms with Gasteiger partial charge in [0, 0.05) is 38.6 Å². The average molecular weight is 342 g/mol. The fourth-order valence-electron chi connectivity index (χ4n) is 3.43. The Bertz CT molecular complexity index is 584. The van der Waals surface area contributed by atoms with Gasteiger partial charge < -0.3 is 9.72 Å². The fourth-order valence-corrected chi connectivity index (χ4v) is 4.97. The van der Waals surface area contributed by atoms with Gasteiger partial charge in [0.25, 0.3) is 0 Å². The maximum Gasteiger partial charge on any atom is 0.214 e. The number of H-pyrrole nitrogens is 1. The summed E-state index contributed by atoms with van der Waals surface area (Å²) in [5, 5.41) is 0. The number of hydrogen-bond donors (Lipinski definition) is 1. The van der Waals surface area contributed by atoms with Gasteiger partial charge in [0.2, 0.25) is 10.0 Å². The number of rotatable bonds is 6. The molecule has 2 aliphatic heterocycles. The standard InChI is InChI=1S/C15H26N4O3S/c1-2-18-8-9-19(12-14(18)15-16-6-7-17-15)23(20,21)11-5-13-4-3-10-22-13/h6-7,13-14H,2-5,8-12H2,1H3,(H,16,17)/t13-,14+/m1/s1. The van der Waals surface area contributed by atoms with Crippen molar-refractivity contribution in [2.24, 2.45) is 0 Å². The van der Waals surface area contributed by atoms with E-state index in [9.17, 15) is 8.42 Å². The van der Waals surface area contributed by atoms with E-state index >= 15 is 0 Å². The molecule has 2 saturated heterocycles. The minimum absolute atomic E-state index is 0.00116. The minimum atomic E-state index is -3.24. The molecule has 1 aromatic rings. The Hall–Kier alpha value is -0.960. The van der Waals surface area contributed by atoms with Crippen molar-refractivity contribution in [3.05, 3.63) is 18.2 Å². The van der Waals surface area contributed by atoms with E-state index in [0.29, 0.717) is 19.5 Å². The summed E-state index contributed by atoms with van der Waals surface area (Å²) < 4.78 is 32.5. The van der Waals surface area contributed by atoms with Crippen molar-refractivity contribution in [3.8, 4) is 0 Å². The van der Waals surface area contributed by atoms with Crippen LogP contribution in [0.2, 0.25) is 0 Å². The molecule has 2 aliphatic rings. The first-order chi connectivity index (χ1) is 11.1. The molecule has 2 atom stereocenters. The second-order valence-corrected chi connectivity index (χ2v) is 8.31. The Balaban J connectivity index is 1.64. The molecule has 0 bridgehead atoms. The molecule has 2 fully saturated rings. The number of likely N-dealkylation sites (N-methyl/N-ethyl adjacent to an activating group) is 1. The number of sulfonamides is 1. The van der Waals surface area contributed by atoms with Crippen molar-refractivity contribution in [1.82, 2.24) is 19.2 Å². The first-order valence-corrected chi connectivity index (χ1v) is 10.0. The SMILES string of the molecule is CCN1CCN(S(=O)(=O)CC[C@H]2CCCO2)C[C@H]1c1ncc[nH]1. The second kappa shape index (κ2) is 7.29. The van der Waals surface area contributed by atoms with Gasteiger partial charge in [-0.25, -0.2) is 13.4 Å². The molecule has 0 aliphatic carbocycles. The summed E-state index contributed by atoms with van der Waals surface area (Å²) in [6, 6.07) is 0.00116. The minimum Gasteiger partial charge on any atom is -0.378 e. The zero-order valence-corrected chi connectivity index (χ0v) is 14.5. The van der Waals surface area contributed by atoms with Crippen LogP contribution in [0.4, 0.5) is 0 Å². The Labute approximate surface area is 138 Å². The highest BCUT2D eigenvalue weighted by Crippen LogP contribution is 2.25. The van der Waals surface area contributed by atoms with Crippen molar-refractivity contribution in [1.29, 1.82) is 0 Å². The zero-order chi connectivity index (χ0) is 16.3. The van der Waals surface area contributed by atoms with Gasteiger partial charge in [-0.3, -0.25) is 4.90 Å². The lowest BCUT2D eigenvalue weighted by Gasteiger charge is -2.39. The van der Waals surface area contributed by atoms with Crippen molar-refractivity contribution in [2.45, 2.75) is 38.3 Å². The molecule has 0 radical (unpaired) electrons. The molecule has 3 heterocycles. The summed E-state index contributed by atoms with van der Waals surface area (Å²) in [4.78, 5) is 9.72. The normalized spacial score (nSPS) is 27.5. The first kappa shape index (κ1) is 16.9. The van der Waals surface area contributed by atoms with Crippen LogP contribution in [-0.4, -0.2) is 72.2 Å². The van der Waals surface area contributed by atoms with Crippen LogP contribution in [0, 0.1) is 0 Å². The highest BCUT2D eigenvalue weighted by molar-refractivity contribution is 7.89.